The van der Waals surface area contributed by atoms with Crippen LogP contribution >= 0.6 is 0 Å². The van der Waals surface area contributed by atoms with Gasteiger partial charge in [0.1, 0.15) is 5.75 Å². The van der Waals surface area contributed by atoms with Crippen molar-refractivity contribution in [2.24, 2.45) is 5.92 Å². The Labute approximate surface area is 135 Å². The predicted molar refractivity (Wildman–Crippen MR) is 90.3 cm³/mol. The minimum absolute atomic E-state index is 0.689. The molecule has 0 aliphatic carbocycles. The molecule has 1 aromatic carbocycles. The topological polar surface area (TPSA) is 24.9 Å². The lowest BCUT2D eigenvalue weighted by molar-refractivity contribution is 0.173. The molecule has 4 heteroatoms. The van der Waals surface area contributed by atoms with Gasteiger partial charge in [-0.05, 0) is 58.1 Å². The van der Waals surface area contributed by atoms with Crippen molar-refractivity contribution < 1.29 is 9.47 Å². The maximum atomic E-state index is 5.75. The lowest BCUT2D eigenvalue weighted by atomic mass is 10.1. The van der Waals surface area contributed by atoms with Crippen LogP contribution in [0.1, 0.15) is 24.5 Å². The average molecular weight is 306 g/mol. The lowest BCUT2D eigenvalue weighted by Crippen LogP contribution is -2.25. The molecule has 124 valence electrons. The third kappa shape index (κ3) is 5.27. The summed E-state index contributed by atoms with van der Waals surface area (Å²) in [6, 6.07) is 6.59. The highest BCUT2D eigenvalue weighted by atomic mass is 16.5. The fourth-order valence-corrected chi connectivity index (χ4v) is 3.04. The van der Waals surface area contributed by atoms with Gasteiger partial charge in [-0.1, -0.05) is 6.07 Å². The lowest BCUT2D eigenvalue weighted by Gasteiger charge is -2.21. The number of ether oxygens (including phenoxy) is 2. The summed E-state index contributed by atoms with van der Waals surface area (Å²) in [5.41, 5.74) is 2.61. The summed E-state index contributed by atoms with van der Waals surface area (Å²) >= 11 is 0. The van der Waals surface area contributed by atoms with Crippen molar-refractivity contribution >= 4 is 0 Å². The van der Waals surface area contributed by atoms with E-state index in [0.29, 0.717) is 12.5 Å². The van der Waals surface area contributed by atoms with Crippen LogP contribution in [0.15, 0.2) is 18.2 Å². The van der Waals surface area contributed by atoms with Crippen LogP contribution in [0.3, 0.4) is 0 Å². The van der Waals surface area contributed by atoms with Crippen LogP contribution in [0.5, 0.6) is 5.75 Å². The first-order valence-electron chi connectivity index (χ1n) is 8.24. The molecule has 1 atom stereocenters. The molecular formula is C18H30N2O2. The monoisotopic (exact) mass is 306 g/mol. The Balaban J connectivity index is 2.00. The molecule has 0 amide bonds. The SMILES string of the molecule is CCOc1ccc(CN(C)C[C@H]2CCOC2)cc1CN(C)C. The third-order valence-electron chi connectivity index (χ3n) is 3.96. The van der Waals surface area contributed by atoms with Crippen LogP contribution in [0.2, 0.25) is 0 Å². The second-order valence-corrected chi connectivity index (χ2v) is 6.54. The fraction of sp³-hybridized carbons (Fsp3) is 0.667. The van der Waals surface area contributed by atoms with Crippen molar-refractivity contribution in [2.75, 3.05) is 47.5 Å². The number of nitrogens with zero attached hydrogens (tertiary/aromatic N) is 2. The van der Waals surface area contributed by atoms with E-state index in [2.05, 4.69) is 49.1 Å². The quantitative estimate of drug-likeness (QED) is 0.737. The summed E-state index contributed by atoms with van der Waals surface area (Å²) < 4.78 is 11.2. The van der Waals surface area contributed by atoms with Crippen molar-refractivity contribution in [1.29, 1.82) is 0 Å². The predicted octanol–water partition coefficient (Wildman–Crippen LogP) is 2.62. The third-order valence-corrected chi connectivity index (χ3v) is 3.96. The van der Waals surface area contributed by atoms with Crippen LogP contribution in [-0.4, -0.2) is 57.3 Å². The molecule has 0 unspecified atom stereocenters. The molecule has 0 saturated carbocycles. The molecule has 22 heavy (non-hydrogen) atoms. The van der Waals surface area contributed by atoms with Crippen LogP contribution in [0.25, 0.3) is 0 Å². The van der Waals surface area contributed by atoms with E-state index in [1.165, 1.54) is 17.5 Å². The van der Waals surface area contributed by atoms with E-state index in [4.69, 9.17) is 9.47 Å². The Morgan fingerprint density at radius 2 is 2.05 bits per heavy atom. The van der Waals surface area contributed by atoms with E-state index in [1.807, 2.05) is 6.92 Å². The number of benzene rings is 1. The summed E-state index contributed by atoms with van der Waals surface area (Å²) in [6.07, 6.45) is 1.19. The van der Waals surface area contributed by atoms with Gasteiger partial charge in [0.2, 0.25) is 0 Å². The zero-order valence-electron chi connectivity index (χ0n) is 14.5. The molecule has 1 aliphatic rings. The van der Waals surface area contributed by atoms with Gasteiger partial charge >= 0.3 is 0 Å². The van der Waals surface area contributed by atoms with E-state index in [1.54, 1.807) is 0 Å². The van der Waals surface area contributed by atoms with Crippen LogP contribution < -0.4 is 4.74 Å². The molecular weight excluding hydrogens is 276 g/mol. The van der Waals surface area contributed by atoms with Gasteiger partial charge in [0, 0.05) is 31.8 Å². The normalized spacial score (nSPS) is 18.4. The van der Waals surface area contributed by atoms with Gasteiger partial charge < -0.3 is 19.3 Å². The summed E-state index contributed by atoms with van der Waals surface area (Å²) in [5, 5.41) is 0. The number of hydrogen-bond acceptors (Lipinski definition) is 4. The molecule has 1 aliphatic heterocycles. The fourth-order valence-electron chi connectivity index (χ4n) is 3.04. The second kappa shape index (κ2) is 8.51. The maximum Gasteiger partial charge on any atom is 0.123 e. The first-order chi connectivity index (χ1) is 10.6. The molecule has 0 spiro atoms. The van der Waals surface area contributed by atoms with Crippen LogP contribution in [-0.2, 0) is 17.8 Å². The Kier molecular flexibility index (Phi) is 6.68. The van der Waals surface area contributed by atoms with Gasteiger partial charge in [0.05, 0.1) is 13.2 Å². The van der Waals surface area contributed by atoms with E-state index in [9.17, 15) is 0 Å². The van der Waals surface area contributed by atoms with E-state index < -0.39 is 0 Å². The highest BCUT2D eigenvalue weighted by molar-refractivity contribution is 5.37. The summed E-state index contributed by atoms with van der Waals surface area (Å²) in [6.45, 7) is 7.57. The Morgan fingerprint density at radius 3 is 2.68 bits per heavy atom. The Hall–Kier alpha value is -1.10. The average Bonchev–Trinajstić information content (AvgIpc) is 2.94. The Bertz CT molecular complexity index is 456. The van der Waals surface area contributed by atoms with E-state index in [-0.39, 0.29) is 0 Å². The molecule has 2 rings (SSSR count). The van der Waals surface area contributed by atoms with Crippen molar-refractivity contribution in [3.63, 3.8) is 0 Å². The standard InChI is InChI=1S/C18H30N2O2/c1-5-22-18-7-6-15(10-17(18)13-19(2)3)11-20(4)12-16-8-9-21-14-16/h6-7,10,16H,5,8-9,11-14H2,1-4H3/t16-/m1/s1. The summed E-state index contributed by atoms with van der Waals surface area (Å²) in [5.74, 6) is 1.70. The van der Waals surface area contributed by atoms with Crippen molar-refractivity contribution in [3.05, 3.63) is 29.3 Å². The van der Waals surface area contributed by atoms with Crippen molar-refractivity contribution in [1.82, 2.24) is 9.80 Å². The summed E-state index contributed by atoms with van der Waals surface area (Å²) in [4.78, 5) is 4.58. The molecule has 4 nitrogen and oxygen atoms in total. The maximum absolute atomic E-state index is 5.75. The largest absolute Gasteiger partial charge is 0.494 e. The molecule has 1 heterocycles. The second-order valence-electron chi connectivity index (χ2n) is 6.54. The zero-order valence-corrected chi connectivity index (χ0v) is 14.5. The van der Waals surface area contributed by atoms with Crippen molar-refractivity contribution in [2.45, 2.75) is 26.4 Å². The van der Waals surface area contributed by atoms with Gasteiger partial charge in [-0.2, -0.15) is 0 Å². The zero-order chi connectivity index (χ0) is 15.9. The smallest absolute Gasteiger partial charge is 0.123 e. The molecule has 0 radical (unpaired) electrons. The van der Waals surface area contributed by atoms with Crippen LogP contribution in [0, 0.1) is 5.92 Å². The molecule has 1 saturated heterocycles. The number of hydrogen-bond donors (Lipinski definition) is 0. The molecule has 1 fully saturated rings. The summed E-state index contributed by atoms with van der Waals surface area (Å²) in [7, 11) is 6.38. The van der Waals surface area contributed by atoms with E-state index in [0.717, 1.165) is 38.6 Å². The van der Waals surface area contributed by atoms with Gasteiger partial charge in [0.25, 0.3) is 0 Å². The Morgan fingerprint density at radius 1 is 1.23 bits per heavy atom. The molecule has 1 aromatic rings. The van der Waals surface area contributed by atoms with Gasteiger partial charge in [0.15, 0.2) is 0 Å². The van der Waals surface area contributed by atoms with Gasteiger partial charge in [-0.15, -0.1) is 0 Å². The highest BCUT2D eigenvalue weighted by Gasteiger charge is 2.17. The first kappa shape index (κ1) is 17.3. The molecule has 0 N–H and O–H groups in total. The van der Waals surface area contributed by atoms with Crippen LogP contribution in [0.4, 0.5) is 0 Å². The van der Waals surface area contributed by atoms with Gasteiger partial charge in [-0.25, -0.2) is 0 Å². The number of rotatable bonds is 8. The first-order valence-corrected chi connectivity index (χ1v) is 8.24. The van der Waals surface area contributed by atoms with Crippen molar-refractivity contribution in [3.8, 4) is 5.75 Å². The minimum atomic E-state index is 0.689. The molecule has 0 aromatic heterocycles. The highest BCUT2D eigenvalue weighted by Crippen LogP contribution is 2.23. The van der Waals surface area contributed by atoms with E-state index >= 15 is 0 Å². The minimum Gasteiger partial charge on any atom is -0.494 e. The van der Waals surface area contributed by atoms with Gasteiger partial charge in [-0.3, -0.25) is 0 Å². The molecule has 0 bridgehead atoms.